The minimum atomic E-state index is -0.658. The van der Waals surface area contributed by atoms with E-state index in [9.17, 15) is 9.59 Å². The molecule has 26 heavy (non-hydrogen) atoms. The lowest BCUT2D eigenvalue weighted by atomic mass is 9.90. The second kappa shape index (κ2) is 10.0. The summed E-state index contributed by atoms with van der Waals surface area (Å²) in [6.07, 6.45) is 9.34. The minimum Gasteiger partial charge on any atom is -0.481 e. The van der Waals surface area contributed by atoms with E-state index in [1.54, 1.807) is 0 Å². The molecule has 0 radical (unpaired) electrons. The number of aliphatic hydroxyl groups is 2. The first-order chi connectivity index (χ1) is 12.5. The van der Waals surface area contributed by atoms with Crippen LogP contribution in [0.3, 0.4) is 0 Å². The first-order valence-electron chi connectivity index (χ1n) is 9.09. The van der Waals surface area contributed by atoms with Crippen molar-refractivity contribution in [2.75, 3.05) is 13.2 Å². The molecule has 0 aromatic carbocycles. The van der Waals surface area contributed by atoms with Crippen molar-refractivity contribution in [3.63, 3.8) is 0 Å². The summed E-state index contributed by atoms with van der Waals surface area (Å²) in [4.78, 5) is 20.9. The predicted molar refractivity (Wildman–Crippen MR) is 90.6 cm³/mol. The molecular weight excluding hydrogens is 344 g/mol. The number of carbonyl (C=O) groups is 2. The minimum absolute atomic E-state index is 0.0144. The summed E-state index contributed by atoms with van der Waals surface area (Å²) in [6, 6.07) is 0. The molecule has 0 aromatic rings. The van der Waals surface area contributed by atoms with E-state index in [-0.39, 0.29) is 37.3 Å². The van der Waals surface area contributed by atoms with Gasteiger partial charge in [0, 0.05) is 0 Å². The highest BCUT2D eigenvalue weighted by molar-refractivity contribution is 5.70. The predicted octanol–water partition coefficient (Wildman–Crippen LogP) is 0.804. The number of fused-ring (bicyclic) bond motifs is 2. The Kier molecular flexibility index (Phi) is 8.02. The van der Waals surface area contributed by atoms with Gasteiger partial charge in [0.2, 0.25) is 0 Å². The number of hydrogen-bond donors (Lipinski definition) is 4. The zero-order valence-electron chi connectivity index (χ0n) is 14.7. The van der Waals surface area contributed by atoms with Crippen LogP contribution in [0.25, 0.3) is 0 Å². The number of carboxylic acid groups (broad SMARTS) is 2. The van der Waals surface area contributed by atoms with E-state index in [0.717, 1.165) is 38.5 Å². The molecule has 4 aliphatic rings. The summed E-state index contributed by atoms with van der Waals surface area (Å²) in [5.41, 5.74) is 0. The second-order valence-corrected chi connectivity index (χ2v) is 6.96. The zero-order valence-corrected chi connectivity index (χ0v) is 14.7. The maximum atomic E-state index is 10.5. The molecule has 2 saturated carbocycles. The van der Waals surface area contributed by atoms with Crippen LogP contribution >= 0.6 is 0 Å². The van der Waals surface area contributed by atoms with Crippen molar-refractivity contribution in [3.8, 4) is 0 Å². The van der Waals surface area contributed by atoms with Gasteiger partial charge in [-0.3, -0.25) is 9.59 Å². The van der Waals surface area contributed by atoms with Gasteiger partial charge in [0.05, 0.1) is 49.5 Å². The quantitative estimate of drug-likeness (QED) is 0.420. The summed E-state index contributed by atoms with van der Waals surface area (Å²) < 4.78 is 10.4. The highest BCUT2D eigenvalue weighted by Crippen LogP contribution is 2.40. The maximum Gasteiger partial charge on any atom is 0.306 e. The summed E-state index contributed by atoms with van der Waals surface area (Å²) in [5.74, 6) is -1.59. The van der Waals surface area contributed by atoms with Gasteiger partial charge < -0.3 is 29.9 Å². The lowest BCUT2D eigenvalue weighted by Gasteiger charge is -2.12. The standard InChI is InChI=1S/2C7H10O3.C4H8O2/c2*8-7(9)4-1-2-5-6(3-4)10-5;5-3-1-2-4-6/h2*4-6H,1-3H2,(H,8,9);1-2,5-6H,3-4H2. The van der Waals surface area contributed by atoms with Gasteiger partial charge in [-0.05, 0) is 38.5 Å². The third-order valence-electron chi connectivity index (χ3n) is 5.08. The Morgan fingerprint density at radius 2 is 1.12 bits per heavy atom. The fraction of sp³-hybridized carbons (Fsp3) is 0.778. The average Bonchev–Trinajstić information content (AvgIpc) is 3.53. The molecule has 6 unspecified atom stereocenters. The molecule has 8 heteroatoms. The van der Waals surface area contributed by atoms with Crippen LogP contribution in [0.4, 0.5) is 0 Å². The topological polar surface area (TPSA) is 140 Å². The number of epoxide rings is 2. The molecule has 4 fully saturated rings. The van der Waals surface area contributed by atoms with Crippen molar-refractivity contribution in [2.24, 2.45) is 11.8 Å². The van der Waals surface area contributed by atoms with E-state index in [0.29, 0.717) is 12.2 Å². The number of aliphatic carboxylic acids is 2. The molecule has 0 bridgehead atoms. The molecule has 2 aliphatic carbocycles. The molecule has 2 heterocycles. The number of rotatable bonds is 4. The zero-order chi connectivity index (χ0) is 19.1. The van der Waals surface area contributed by atoms with Crippen LogP contribution in [0.2, 0.25) is 0 Å². The van der Waals surface area contributed by atoms with Gasteiger partial charge >= 0.3 is 11.9 Å². The fourth-order valence-electron chi connectivity index (χ4n) is 3.41. The van der Waals surface area contributed by atoms with E-state index >= 15 is 0 Å². The highest BCUT2D eigenvalue weighted by atomic mass is 16.6. The van der Waals surface area contributed by atoms with Gasteiger partial charge in [-0.2, -0.15) is 0 Å². The van der Waals surface area contributed by atoms with Crippen LogP contribution in [0.1, 0.15) is 38.5 Å². The Labute approximate surface area is 152 Å². The highest BCUT2D eigenvalue weighted by Gasteiger charge is 2.46. The van der Waals surface area contributed by atoms with Gasteiger partial charge in [-0.25, -0.2) is 0 Å². The van der Waals surface area contributed by atoms with Crippen molar-refractivity contribution in [1.29, 1.82) is 0 Å². The van der Waals surface area contributed by atoms with Gasteiger partial charge in [0.1, 0.15) is 0 Å². The van der Waals surface area contributed by atoms with Crippen LogP contribution in [0, 0.1) is 11.8 Å². The van der Waals surface area contributed by atoms with Crippen LogP contribution in [0.15, 0.2) is 12.2 Å². The molecule has 0 spiro atoms. The van der Waals surface area contributed by atoms with Gasteiger partial charge in [-0.15, -0.1) is 0 Å². The number of aliphatic hydroxyl groups excluding tert-OH is 2. The van der Waals surface area contributed by atoms with Gasteiger partial charge in [-0.1, -0.05) is 12.2 Å². The third-order valence-corrected chi connectivity index (χ3v) is 5.08. The lowest BCUT2D eigenvalue weighted by molar-refractivity contribution is -0.143. The molecule has 4 N–H and O–H groups in total. The van der Waals surface area contributed by atoms with Crippen molar-refractivity contribution >= 4 is 11.9 Å². The lowest BCUT2D eigenvalue weighted by Crippen LogP contribution is -2.21. The van der Waals surface area contributed by atoms with Crippen LogP contribution in [-0.4, -0.2) is 70.0 Å². The summed E-state index contributed by atoms with van der Waals surface area (Å²) >= 11 is 0. The second-order valence-electron chi connectivity index (χ2n) is 6.96. The van der Waals surface area contributed by atoms with Crippen molar-refractivity contribution < 1.29 is 39.5 Å². The monoisotopic (exact) mass is 372 g/mol. The molecule has 2 aliphatic heterocycles. The third kappa shape index (κ3) is 6.68. The van der Waals surface area contributed by atoms with E-state index in [1.165, 1.54) is 12.2 Å². The smallest absolute Gasteiger partial charge is 0.306 e. The SMILES string of the molecule is O=C(O)C1CCC2OC2C1.O=C(O)C1CCC2OC2C1.OCC=CCO. The molecule has 6 atom stereocenters. The summed E-state index contributed by atoms with van der Waals surface area (Å²) in [7, 11) is 0. The van der Waals surface area contributed by atoms with Crippen LogP contribution in [-0.2, 0) is 19.1 Å². The molecule has 4 rings (SSSR count). The van der Waals surface area contributed by atoms with Crippen molar-refractivity contribution in [3.05, 3.63) is 12.2 Å². The van der Waals surface area contributed by atoms with Crippen molar-refractivity contribution in [2.45, 2.75) is 62.9 Å². The largest absolute Gasteiger partial charge is 0.481 e. The van der Waals surface area contributed by atoms with E-state index < -0.39 is 11.9 Å². The molecule has 148 valence electrons. The molecule has 8 nitrogen and oxygen atoms in total. The molecular formula is C18H28O8. The summed E-state index contributed by atoms with van der Waals surface area (Å²) in [6.45, 7) is 0.0289. The number of ether oxygens (including phenoxy) is 2. The van der Waals surface area contributed by atoms with Crippen LogP contribution in [0.5, 0.6) is 0 Å². The Balaban J connectivity index is 0.000000146. The number of carboxylic acids is 2. The Bertz CT molecular complexity index is 461. The molecule has 0 amide bonds. The van der Waals surface area contributed by atoms with Gasteiger partial charge in [0.15, 0.2) is 0 Å². The normalized spacial score (nSPS) is 36.4. The fourth-order valence-corrected chi connectivity index (χ4v) is 3.41. The first-order valence-corrected chi connectivity index (χ1v) is 9.09. The van der Waals surface area contributed by atoms with Crippen molar-refractivity contribution in [1.82, 2.24) is 0 Å². The van der Waals surface area contributed by atoms with E-state index in [2.05, 4.69) is 0 Å². The van der Waals surface area contributed by atoms with Crippen LogP contribution < -0.4 is 0 Å². The summed E-state index contributed by atoms with van der Waals surface area (Å²) in [5, 5.41) is 33.2. The Hall–Kier alpha value is -1.48. The molecule has 2 saturated heterocycles. The Morgan fingerprint density at radius 3 is 1.38 bits per heavy atom. The number of hydrogen-bond acceptors (Lipinski definition) is 6. The maximum absolute atomic E-state index is 10.5. The average molecular weight is 372 g/mol. The van der Waals surface area contributed by atoms with E-state index in [1.807, 2.05) is 0 Å². The first kappa shape index (κ1) is 20.8. The Morgan fingerprint density at radius 1 is 0.731 bits per heavy atom. The van der Waals surface area contributed by atoms with Gasteiger partial charge in [0.25, 0.3) is 0 Å². The van der Waals surface area contributed by atoms with E-state index in [4.69, 9.17) is 29.9 Å². The molecule has 0 aromatic heterocycles.